The van der Waals surface area contributed by atoms with Crippen molar-refractivity contribution in [2.75, 3.05) is 20.8 Å². The zero-order valence-corrected chi connectivity index (χ0v) is 8.45. The van der Waals surface area contributed by atoms with Crippen LogP contribution in [-0.2, 0) is 4.74 Å². The highest BCUT2D eigenvalue weighted by Gasteiger charge is 2.05. The number of rotatable bonds is 5. The van der Waals surface area contributed by atoms with E-state index in [1.54, 1.807) is 32.4 Å². The second-order valence-electron chi connectivity index (χ2n) is 2.90. The highest BCUT2D eigenvalue weighted by molar-refractivity contribution is 5.96. The van der Waals surface area contributed by atoms with Gasteiger partial charge in [-0.2, -0.15) is 0 Å². The highest BCUT2D eigenvalue weighted by Crippen LogP contribution is 2.13. The van der Waals surface area contributed by atoms with Gasteiger partial charge >= 0.3 is 0 Å². The van der Waals surface area contributed by atoms with Crippen molar-refractivity contribution in [3.05, 3.63) is 29.8 Å². The van der Waals surface area contributed by atoms with Crippen molar-refractivity contribution in [3.8, 4) is 5.75 Å². The van der Waals surface area contributed by atoms with Gasteiger partial charge in [-0.3, -0.25) is 4.79 Å². The van der Waals surface area contributed by atoms with Crippen LogP contribution < -0.4 is 4.74 Å². The van der Waals surface area contributed by atoms with Crippen LogP contribution in [0.4, 0.5) is 0 Å². The summed E-state index contributed by atoms with van der Waals surface area (Å²) >= 11 is 0. The van der Waals surface area contributed by atoms with E-state index in [9.17, 15) is 4.79 Å². The van der Waals surface area contributed by atoms with Crippen molar-refractivity contribution in [2.45, 2.75) is 6.42 Å². The molecule has 0 heterocycles. The van der Waals surface area contributed by atoms with Crippen molar-refractivity contribution in [1.82, 2.24) is 0 Å². The summed E-state index contributed by atoms with van der Waals surface area (Å²) < 4.78 is 9.86. The van der Waals surface area contributed by atoms with Gasteiger partial charge in [0.25, 0.3) is 0 Å². The van der Waals surface area contributed by atoms with Crippen LogP contribution >= 0.6 is 0 Å². The van der Waals surface area contributed by atoms with E-state index in [4.69, 9.17) is 9.47 Å². The molecule has 0 aromatic heterocycles. The number of carbonyl (C=O) groups excluding carboxylic acids is 1. The Labute approximate surface area is 83.6 Å². The van der Waals surface area contributed by atoms with E-state index in [0.717, 1.165) is 0 Å². The van der Waals surface area contributed by atoms with Crippen LogP contribution in [0.2, 0.25) is 0 Å². The van der Waals surface area contributed by atoms with Gasteiger partial charge < -0.3 is 9.47 Å². The van der Waals surface area contributed by atoms with Crippen molar-refractivity contribution in [3.63, 3.8) is 0 Å². The van der Waals surface area contributed by atoms with Gasteiger partial charge in [0.15, 0.2) is 5.78 Å². The molecule has 1 rings (SSSR count). The molecule has 0 radical (unpaired) electrons. The Bertz CT molecular complexity index is 307. The average molecular weight is 194 g/mol. The lowest BCUT2D eigenvalue weighted by molar-refractivity contribution is 0.0932. The smallest absolute Gasteiger partial charge is 0.165 e. The summed E-state index contributed by atoms with van der Waals surface area (Å²) in [6.07, 6.45) is 0.406. The van der Waals surface area contributed by atoms with Crippen molar-refractivity contribution in [1.29, 1.82) is 0 Å². The van der Waals surface area contributed by atoms with Crippen LogP contribution in [0.25, 0.3) is 0 Å². The Morgan fingerprint density at radius 1 is 1.36 bits per heavy atom. The lowest BCUT2D eigenvalue weighted by atomic mass is 10.1. The van der Waals surface area contributed by atoms with E-state index in [1.807, 2.05) is 6.07 Å². The van der Waals surface area contributed by atoms with E-state index >= 15 is 0 Å². The number of carbonyl (C=O) groups is 1. The molecule has 76 valence electrons. The third kappa shape index (κ3) is 2.85. The number of hydrogen-bond acceptors (Lipinski definition) is 3. The largest absolute Gasteiger partial charge is 0.497 e. The Morgan fingerprint density at radius 2 is 2.14 bits per heavy atom. The van der Waals surface area contributed by atoms with Crippen LogP contribution in [0.15, 0.2) is 24.3 Å². The molecule has 0 atom stereocenters. The van der Waals surface area contributed by atoms with Crippen LogP contribution in [0, 0.1) is 0 Å². The quantitative estimate of drug-likeness (QED) is 0.672. The molecule has 0 aliphatic carbocycles. The first kappa shape index (κ1) is 10.7. The van der Waals surface area contributed by atoms with Gasteiger partial charge in [-0.1, -0.05) is 12.1 Å². The fourth-order valence-corrected chi connectivity index (χ4v) is 1.14. The molecule has 0 fully saturated rings. The molecule has 0 spiro atoms. The fraction of sp³-hybridized carbons (Fsp3) is 0.364. The second kappa shape index (κ2) is 5.40. The molecule has 0 bridgehead atoms. The molecule has 3 nitrogen and oxygen atoms in total. The maximum absolute atomic E-state index is 11.5. The first-order chi connectivity index (χ1) is 6.77. The molecular formula is C11H14O3. The minimum atomic E-state index is 0.0748. The lowest BCUT2D eigenvalue weighted by Crippen LogP contribution is -2.03. The van der Waals surface area contributed by atoms with E-state index in [1.165, 1.54) is 0 Å². The standard InChI is InChI=1S/C11H14O3/c1-13-7-6-11(12)9-4-3-5-10(8-9)14-2/h3-5,8H,6-7H2,1-2H3. The van der Waals surface area contributed by atoms with Gasteiger partial charge in [0.2, 0.25) is 0 Å². The molecule has 0 N–H and O–H groups in total. The van der Waals surface area contributed by atoms with Crippen LogP contribution in [0.1, 0.15) is 16.8 Å². The van der Waals surface area contributed by atoms with Crippen LogP contribution in [-0.4, -0.2) is 26.6 Å². The molecule has 1 aromatic rings. The zero-order valence-electron chi connectivity index (χ0n) is 8.45. The predicted octanol–water partition coefficient (Wildman–Crippen LogP) is 1.91. The third-order valence-electron chi connectivity index (χ3n) is 1.92. The normalized spacial score (nSPS) is 9.86. The van der Waals surface area contributed by atoms with Crippen LogP contribution in [0.3, 0.4) is 0 Å². The maximum Gasteiger partial charge on any atom is 0.165 e. The Kier molecular flexibility index (Phi) is 4.13. The first-order valence-corrected chi connectivity index (χ1v) is 4.44. The summed E-state index contributed by atoms with van der Waals surface area (Å²) in [7, 11) is 3.16. The minimum absolute atomic E-state index is 0.0748. The number of ketones is 1. The average Bonchev–Trinajstić information content (AvgIpc) is 2.26. The topological polar surface area (TPSA) is 35.5 Å². The molecule has 3 heteroatoms. The number of Topliss-reactive ketones (excluding diaryl/α,β-unsaturated/α-hetero) is 1. The molecular weight excluding hydrogens is 180 g/mol. The molecule has 0 amide bonds. The second-order valence-corrected chi connectivity index (χ2v) is 2.90. The van der Waals surface area contributed by atoms with Gasteiger partial charge in [-0.05, 0) is 12.1 Å². The summed E-state index contributed by atoms with van der Waals surface area (Å²) in [6.45, 7) is 0.454. The monoisotopic (exact) mass is 194 g/mol. The predicted molar refractivity (Wildman–Crippen MR) is 53.8 cm³/mol. The van der Waals surface area contributed by atoms with Gasteiger partial charge in [0, 0.05) is 19.1 Å². The molecule has 14 heavy (non-hydrogen) atoms. The Hall–Kier alpha value is -1.35. The number of hydrogen-bond donors (Lipinski definition) is 0. The third-order valence-corrected chi connectivity index (χ3v) is 1.92. The van der Waals surface area contributed by atoms with Crippen molar-refractivity contribution < 1.29 is 14.3 Å². The maximum atomic E-state index is 11.5. The summed E-state index contributed by atoms with van der Waals surface area (Å²) in [6, 6.07) is 7.13. The van der Waals surface area contributed by atoms with Crippen LogP contribution in [0.5, 0.6) is 5.75 Å². The van der Waals surface area contributed by atoms with E-state index < -0.39 is 0 Å². The Morgan fingerprint density at radius 3 is 2.79 bits per heavy atom. The van der Waals surface area contributed by atoms with Crippen molar-refractivity contribution in [2.24, 2.45) is 0 Å². The van der Waals surface area contributed by atoms with Gasteiger partial charge in [-0.15, -0.1) is 0 Å². The SMILES string of the molecule is COCCC(=O)c1cccc(OC)c1. The van der Waals surface area contributed by atoms with E-state index in [2.05, 4.69) is 0 Å². The van der Waals surface area contributed by atoms with Crippen molar-refractivity contribution >= 4 is 5.78 Å². The lowest BCUT2D eigenvalue weighted by Gasteiger charge is -2.03. The summed E-state index contributed by atoms with van der Waals surface area (Å²) in [4.78, 5) is 11.5. The Balaban J connectivity index is 2.69. The minimum Gasteiger partial charge on any atom is -0.497 e. The number of methoxy groups -OCH3 is 2. The van der Waals surface area contributed by atoms with Gasteiger partial charge in [0.1, 0.15) is 5.75 Å². The molecule has 1 aromatic carbocycles. The number of benzene rings is 1. The van der Waals surface area contributed by atoms with Gasteiger partial charge in [0.05, 0.1) is 13.7 Å². The highest BCUT2D eigenvalue weighted by atomic mass is 16.5. The van der Waals surface area contributed by atoms with E-state index in [0.29, 0.717) is 24.3 Å². The molecule has 0 aliphatic rings. The van der Waals surface area contributed by atoms with Gasteiger partial charge in [-0.25, -0.2) is 0 Å². The van der Waals surface area contributed by atoms with E-state index in [-0.39, 0.29) is 5.78 Å². The molecule has 0 saturated heterocycles. The first-order valence-electron chi connectivity index (χ1n) is 4.44. The number of ether oxygens (including phenoxy) is 2. The summed E-state index contributed by atoms with van der Waals surface area (Å²) in [5, 5.41) is 0. The molecule has 0 saturated carbocycles. The zero-order chi connectivity index (χ0) is 10.4. The summed E-state index contributed by atoms with van der Waals surface area (Å²) in [5.74, 6) is 0.777. The molecule has 0 aliphatic heterocycles. The molecule has 0 unspecified atom stereocenters. The fourth-order valence-electron chi connectivity index (χ4n) is 1.14. The summed E-state index contributed by atoms with van der Waals surface area (Å²) in [5.41, 5.74) is 0.668.